The highest BCUT2D eigenvalue weighted by molar-refractivity contribution is 5.99. The number of aromatic nitrogens is 2. The van der Waals surface area contributed by atoms with Crippen molar-refractivity contribution < 1.29 is 32.7 Å². The summed E-state index contributed by atoms with van der Waals surface area (Å²) >= 11 is 0. The molecule has 0 aliphatic heterocycles. The highest BCUT2D eigenvalue weighted by Crippen LogP contribution is 2.29. The Kier molecular flexibility index (Phi) is 7.36. The molecule has 1 unspecified atom stereocenters. The van der Waals surface area contributed by atoms with Crippen LogP contribution in [0.2, 0.25) is 0 Å². The number of primary amides is 1. The van der Waals surface area contributed by atoms with Crippen molar-refractivity contribution in [2.75, 3.05) is 11.9 Å². The van der Waals surface area contributed by atoms with Gasteiger partial charge in [-0.25, -0.2) is 18.4 Å². The summed E-state index contributed by atoms with van der Waals surface area (Å²) in [7, 11) is 0. The third kappa shape index (κ3) is 6.57. The molecule has 1 saturated carbocycles. The molecule has 33 heavy (non-hydrogen) atoms. The van der Waals surface area contributed by atoms with Gasteiger partial charge in [-0.2, -0.15) is 9.78 Å². The van der Waals surface area contributed by atoms with Gasteiger partial charge in [-0.05, 0) is 42.9 Å². The van der Waals surface area contributed by atoms with E-state index in [4.69, 9.17) is 10.5 Å². The lowest BCUT2D eigenvalue weighted by atomic mass is 10.1. The maximum Gasteiger partial charge on any atom is 0.358 e. The number of carbonyl (C=O) groups excluding carboxylic acids is 4. The molecule has 4 N–H and O–H groups in total. The SMILES string of the molecule is CCC(NC(=O)Cc1cc(F)cc(F)c1)C(=O)Nc1cc(C(=O)OCC2CC2)nn1C(N)=O. The smallest absolute Gasteiger partial charge is 0.358 e. The Hall–Kier alpha value is -3.83. The first-order valence-electron chi connectivity index (χ1n) is 10.3. The van der Waals surface area contributed by atoms with Gasteiger partial charge in [-0.3, -0.25) is 9.59 Å². The summed E-state index contributed by atoms with van der Waals surface area (Å²) < 4.78 is 32.4. The summed E-state index contributed by atoms with van der Waals surface area (Å²) in [5.41, 5.74) is 5.15. The highest BCUT2D eigenvalue weighted by atomic mass is 19.1. The Morgan fingerprint density at radius 1 is 1.18 bits per heavy atom. The Morgan fingerprint density at radius 2 is 1.85 bits per heavy atom. The van der Waals surface area contributed by atoms with Gasteiger partial charge in [0, 0.05) is 12.1 Å². The maximum absolute atomic E-state index is 13.3. The van der Waals surface area contributed by atoms with E-state index < -0.39 is 41.5 Å². The van der Waals surface area contributed by atoms with Crippen molar-refractivity contribution in [1.29, 1.82) is 0 Å². The fourth-order valence-electron chi connectivity index (χ4n) is 3.00. The molecule has 1 aromatic heterocycles. The van der Waals surface area contributed by atoms with Gasteiger partial charge < -0.3 is 21.1 Å². The quantitative estimate of drug-likeness (QED) is 0.483. The zero-order valence-electron chi connectivity index (χ0n) is 17.8. The van der Waals surface area contributed by atoms with E-state index in [-0.39, 0.29) is 36.5 Å². The molecule has 12 heteroatoms. The van der Waals surface area contributed by atoms with Crippen LogP contribution < -0.4 is 16.4 Å². The number of hydrogen-bond acceptors (Lipinski definition) is 6. The molecule has 2 aromatic rings. The van der Waals surface area contributed by atoms with Gasteiger partial charge in [0.15, 0.2) is 5.69 Å². The van der Waals surface area contributed by atoms with Crippen LogP contribution in [0, 0.1) is 17.6 Å². The van der Waals surface area contributed by atoms with Crippen LogP contribution >= 0.6 is 0 Å². The predicted octanol–water partition coefficient (Wildman–Crippen LogP) is 1.73. The number of nitrogens with two attached hydrogens (primary N) is 1. The van der Waals surface area contributed by atoms with Gasteiger partial charge in [0.2, 0.25) is 11.8 Å². The van der Waals surface area contributed by atoms with E-state index in [1.165, 1.54) is 0 Å². The molecule has 3 amide bonds. The number of anilines is 1. The summed E-state index contributed by atoms with van der Waals surface area (Å²) in [5.74, 6) is -3.62. The Labute approximate surface area is 187 Å². The van der Waals surface area contributed by atoms with E-state index in [2.05, 4.69) is 15.7 Å². The Balaban J connectivity index is 1.65. The van der Waals surface area contributed by atoms with Crippen LogP contribution in [-0.4, -0.2) is 46.2 Å². The number of rotatable bonds is 9. The minimum atomic E-state index is -1.04. The van der Waals surface area contributed by atoms with Crippen molar-refractivity contribution in [3.8, 4) is 0 Å². The molecule has 1 aromatic carbocycles. The molecule has 10 nitrogen and oxygen atoms in total. The minimum Gasteiger partial charge on any atom is -0.461 e. The standard InChI is InChI=1S/C21H23F2N5O5/c1-2-15(25-18(29)7-12-5-13(22)8-14(23)6-12)19(30)26-17-9-16(27-28(17)21(24)32)20(31)33-10-11-3-4-11/h5-6,8-9,11,15H,2-4,7,10H2,1H3,(H2,24,32)(H,25,29)(H,26,30). The van der Waals surface area contributed by atoms with Crippen molar-refractivity contribution in [3.05, 3.63) is 47.2 Å². The van der Waals surface area contributed by atoms with Crippen molar-refractivity contribution in [2.24, 2.45) is 11.7 Å². The fourth-order valence-corrected chi connectivity index (χ4v) is 3.00. The second kappa shape index (κ2) is 10.2. The number of nitrogens with one attached hydrogen (secondary N) is 2. The average Bonchev–Trinajstić information content (AvgIpc) is 3.47. The maximum atomic E-state index is 13.3. The van der Waals surface area contributed by atoms with Gasteiger partial charge in [0.05, 0.1) is 13.0 Å². The van der Waals surface area contributed by atoms with E-state index in [0.717, 1.165) is 31.0 Å². The number of hydrogen-bond donors (Lipinski definition) is 3. The monoisotopic (exact) mass is 463 g/mol. The number of halogens is 2. The molecule has 0 bridgehead atoms. The Morgan fingerprint density at radius 3 is 2.42 bits per heavy atom. The normalized spacial score (nSPS) is 13.8. The largest absolute Gasteiger partial charge is 0.461 e. The number of amides is 3. The van der Waals surface area contributed by atoms with Crippen molar-refractivity contribution >= 4 is 29.6 Å². The number of benzene rings is 1. The lowest BCUT2D eigenvalue weighted by Gasteiger charge is -2.17. The summed E-state index contributed by atoms with van der Waals surface area (Å²) in [5, 5.41) is 8.63. The second-order valence-electron chi connectivity index (χ2n) is 7.68. The molecule has 3 rings (SSSR count). The lowest BCUT2D eigenvalue weighted by Crippen LogP contribution is -2.44. The van der Waals surface area contributed by atoms with Gasteiger partial charge >= 0.3 is 12.0 Å². The topological polar surface area (TPSA) is 145 Å². The number of carbonyl (C=O) groups is 4. The van der Waals surface area contributed by atoms with Gasteiger partial charge in [-0.1, -0.05) is 6.92 Å². The first-order chi connectivity index (χ1) is 15.7. The van der Waals surface area contributed by atoms with Crippen LogP contribution in [0.4, 0.5) is 19.4 Å². The van der Waals surface area contributed by atoms with Crippen LogP contribution in [0.5, 0.6) is 0 Å². The summed E-state index contributed by atoms with van der Waals surface area (Å²) in [6, 6.07) is 1.76. The van der Waals surface area contributed by atoms with Crippen molar-refractivity contribution in [3.63, 3.8) is 0 Å². The van der Waals surface area contributed by atoms with Gasteiger partial charge in [0.1, 0.15) is 23.5 Å². The first kappa shape index (κ1) is 23.8. The third-order valence-corrected chi connectivity index (χ3v) is 4.87. The van der Waals surface area contributed by atoms with Crippen LogP contribution in [0.15, 0.2) is 24.3 Å². The summed E-state index contributed by atoms with van der Waals surface area (Å²) in [6.07, 6.45) is 1.76. The van der Waals surface area contributed by atoms with Gasteiger partial charge in [0.25, 0.3) is 0 Å². The lowest BCUT2D eigenvalue weighted by molar-refractivity contribution is -0.126. The number of nitrogens with zero attached hydrogens (tertiary/aromatic N) is 2. The van der Waals surface area contributed by atoms with E-state index in [1.807, 2.05) is 0 Å². The molecule has 0 radical (unpaired) electrons. The zero-order valence-corrected chi connectivity index (χ0v) is 17.8. The molecule has 1 fully saturated rings. The Bertz CT molecular complexity index is 1060. The molecule has 1 atom stereocenters. The zero-order chi connectivity index (χ0) is 24.1. The first-order valence-corrected chi connectivity index (χ1v) is 10.3. The third-order valence-electron chi connectivity index (χ3n) is 4.87. The number of ether oxygens (including phenoxy) is 1. The van der Waals surface area contributed by atoms with E-state index in [9.17, 15) is 28.0 Å². The average molecular weight is 463 g/mol. The van der Waals surface area contributed by atoms with Crippen molar-refractivity contribution in [1.82, 2.24) is 15.1 Å². The molecule has 1 heterocycles. The molecule has 0 saturated heterocycles. The van der Waals surface area contributed by atoms with Crippen LogP contribution in [-0.2, 0) is 20.7 Å². The predicted molar refractivity (Wildman–Crippen MR) is 111 cm³/mol. The summed E-state index contributed by atoms with van der Waals surface area (Å²) in [4.78, 5) is 48.7. The van der Waals surface area contributed by atoms with Crippen molar-refractivity contribution in [2.45, 2.75) is 38.6 Å². The van der Waals surface area contributed by atoms with Crippen LogP contribution in [0.1, 0.15) is 42.2 Å². The number of esters is 1. The molecule has 1 aliphatic carbocycles. The summed E-state index contributed by atoms with van der Waals surface area (Å²) in [6.45, 7) is 1.86. The van der Waals surface area contributed by atoms with Crippen LogP contribution in [0.3, 0.4) is 0 Å². The second-order valence-corrected chi connectivity index (χ2v) is 7.68. The highest BCUT2D eigenvalue weighted by Gasteiger charge is 2.26. The molecular weight excluding hydrogens is 440 g/mol. The molecule has 0 spiro atoms. The van der Waals surface area contributed by atoms with E-state index in [1.54, 1.807) is 6.92 Å². The fraction of sp³-hybridized carbons (Fsp3) is 0.381. The van der Waals surface area contributed by atoms with E-state index in [0.29, 0.717) is 16.7 Å². The van der Waals surface area contributed by atoms with Gasteiger partial charge in [-0.15, -0.1) is 0 Å². The molecule has 176 valence electrons. The molecule has 1 aliphatic rings. The van der Waals surface area contributed by atoms with E-state index >= 15 is 0 Å². The minimum absolute atomic E-state index is 0.0985. The molecular formula is C21H23F2N5O5. The van der Waals surface area contributed by atoms with Crippen LogP contribution in [0.25, 0.3) is 0 Å².